The highest BCUT2D eigenvalue weighted by Crippen LogP contribution is 2.49. The maximum atomic E-state index is 6.02. The number of furan rings is 1. The number of benzene rings is 1. The van der Waals surface area contributed by atoms with Gasteiger partial charge in [0.25, 0.3) is 0 Å². The molecule has 0 amide bonds. The summed E-state index contributed by atoms with van der Waals surface area (Å²) in [5, 5.41) is 3.01. The van der Waals surface area contributed by atoms with E-state index in [1.165, 1.54) is 25.7 Å². The van der Waals surface area contributed by atoms with Crippen molar-refractivity contribution in [1.82, 2.24) is 11.0 Å². The summed E-state index contributed by atoms with van der Waals surface area (Å²) in [7, 11) is 0. The molecule has 3 aliphatic carbocycles. The Bertz CT molecular complexity index is 677. The number of nitrogens with one attached hydrogen (secondary N) is 2. The molecule has 110 valence electrons. The van der Waals surface area contributed by atoms with Gasteiger partial charge in [-0.1, -0.05) is 5.59 Å². The van der Waals surface area contributed by atoms with Gasteiger partial charge in [0.1, 0.15) is 5.58 Å². The molecule has 3 saturated carbocycles. The summed E-state index contributed by atoms with van der Waals surface area (Å²) in [6.45, 7) is 0. The monoisotopic (exact) mass is 285 g/mol. The van der Waals surface area contributed by atoms with Crippen molar-refractivity contribution in [2.45, 2.75) is 37.8 Å². The molecule has 21 heavy (non-hydrogen) atoms. The van der Waals surface area contributed by atoms with Crippen molar-refractivity contribution in [2.75, 3.05) is 5.12 Å². The number of fused-ring (bicyclic) bond motifs is 3. The van der Waals surface area contributed by atoms with Crippen LogP contribution in [0.4, 0.5) is 5.69 Å². The van der Waals surface area contributed by atoms with E-state index in [-0.39, 0.29) is 5.72 Å². The zero-order chi connectivity index (χ0) is 13.9. The van der Waals surface area contributed by atoms with E-state index in [1.54, 1.807) is 6.26 Å². The lowest BCUT2D eigenvalue weighted by Gasteiger charge is -2.47. The van der Waals surface area contributed by atoms with E-state index in [4.69, 9.17) is 9.25 Å². The van der Waals surface area contributed by atoms with Gasteiger partial charge in [-0.2, -0.15) is 5.43 Å². The summed E-state index contributed by atoms with van der Waals surface area (Å²) >= 11 is 0. The molecule has 4 aliphatic rings. The number of nitrogens with zero attached hydrogens (tertiary/aromatic N) is 1. The Hall–Kier alpha value is -1.56. The topological polar surface area (TPSA) is 49.7 Å². The van der Waals surface area contributed by atoms with Gasteiger partial charge in [-0.15, -0.1) is 0 Å². The van der Waals surface area contributed by atoms with Crippen LogP contribution in [0.1, 0.15) is 32.1 Å². The molecule has 1 aliphatic heterocycles. The van der Waals surface area contributed by atoms with Gasteiger partial charge in [-0.3, -0.25) is 4.84 Å². The molecular weight excluding hydrogens is 266 g/mol. The van der Waals surface area contributed by atoms with Crippen molar-refractivity contribution in [3.8, 4) is 0 Å². The fraction of sp³-hybridized carbons (Fsp3) is 0.500. The molecule has 1 spiro atoms. The zero-order valence-electron chi connectivity index (χ0n) is 11.8. The molecule has 1 atom stereocenters. The van der Waals surface area contributed by atoms with E-state index in [0.29, 0.717) is 5.92 Å². The van der Waals surface area contributed by atoms with E-state index in [2.05, 4.69) is 17.1 Å². The largest absolute Gasteiger partial charge is 0.464 e. The highest BCUT2D eigenvalue weighted by atomic mass is 16.7. The van der Waals surface area contributed by atoms with Crippen molar-refractivity contribution < 1.29 is 9.25 Å². The molecule has 1 unspecified atom stereocenters. The van der Waals surface area contributed by atoms with Crippen LogP contribution >= 0.6 is 0 Å². The van der Waals surface area contributed by atoms with Crippen molar-refractivity contribution in [3.63, 3.8) is 0 Å². The maximum absolute atomic E-state index is 6.02. The molecule has 1 aromatic heterocycles. The van der Waals surface area contributed by atoms with Crippen LogP contribution in [-0.2, 0) is 4.84 Å². The van der Waals surface area contributed by atoms with Crippen LogP contribution < -0.4 is 16.1 Å². The van der Waals surface area contributed by atoms with Crippen LogP contribution in [0.2, 0.25) is 0 Å². The Balaban J connectivity index is 1.44. The minimum absolute atomic E-state index is 0.216. The summed E-state index contributed by atoms with van der Waals surface area (Å²) in [6.07, 6.45) is 8.09. The molecular formula is C16H19N3O2. The summed E-state index contributed by atoms with van der Waals surface area (Å²) in [5.41, 5.74) is 8.38. The second-order valence-corrected chi connectivity index (χ2v) is 6.59. The lowest BCUT2D eigenvalue weighted by atomic mass is 9.66. The van der Waals surface area contributed by atoms with E-state index in [9.17, 15) is 0 Å². The van der Waals surface area contributed by atoms with Crippen LogP contribution in [0.5, 0.6) is 0 Å². The third-order valence-corrected chi connectivity index (χ3v) is 5.41. The first-order valence-corrected chi connectivity index (χ1v) is 7.81. The smallest absolute Gasteiger partial charge is 0.163 e. The van der Waals surface area contributed by atoms with Gasteiger partial charge in [0.2, 0.25) is 0 Å². The van der Waals surface area contributed by atoms with Gasteiger partial charge in [0, 0.05) is 11.3 Å². The fourth-order valence-corrected chi connectivity index (χ4v) is 4.26. The normalized spacial score (nSPS) is 35.1. The summed E-state index contributed by atoms with van der Waals surface area (Å²) < 4.78 is 5.40. The summed E-state index contributed by atoms with van der Waals surface area (Å²) in [5.74, 6) is 1.42. The van der Waals surface area contributed by atoms with E-state index >= 15 is 0 Å². The number of anilines is 1. The van der Waals surface area contributed by atoms with Crippen LogP contribution in [0, 0.1) is 11.8 Å². The highest BCUT2D eigenvalue weighted by molar-refractivity contribution is 5.81. The minimum Gasteiger partial charge on any atom is -0.464 e. The lowest BCUT2D eigenvalue weighted by Crippen LogP contribution is -2.57. The average Bonchev–Trinajstić information content (AvgIpc) is 3.15. The average molecular weight is 285 g/mol. The Morgan fingerprint density at radius 1 is 1.14 bits per heavy atom. The quantitative estimate of drug-likeness (QED) is 0.843. The molecule has 2 aromatic rings. The molecule has 2 bridgehead atoms. The second kappa shape index (κ2) is 4.22. The summed E-state index contributed by atoms with van der Waals surface area (Å²) in [6, 6.07) is 8.11. The zero-order valence-corrected chi connectivity index (χ0v) is 11.8. The van der Waals surface area contributed by atoms with Crippen molar-refractivity contribution in [1.29, 1.82) is 0 Å². The molecule has 0 radical (unpaired) electrons. The van der Waals surface area contributed by atoms with Crippen molar-refractivity contribution in [2.24, 2.45) is 11.8 Å². The predicted molar refractivity (Wildman–Crippen MR) is 78.8 cm³/mol. The van der Waals surface area contributed by atoms with Crippen LogP contribution in [0.3, 0.4) is 0 Å². The fourth-order valence-electron chi connectivity index (χ4n) is 4.26. The predicted octanol–water partition coefficient (Wildman–Crippen LogP) is 3.10. The van der Waals surface area contributed by atoms with Gasteiger partial charge in [-0.05, 0) is 62.3 Å². The Labute approximate surface area is 123 Å². The Morgan fingerprint density at radius 2 is 2.05 bits per heavy atom. The van der Waals surface area contributed by atoms with Crippen LogP contribution in [0.25, 0.3) is 11.0 Å². The van der Waals surface area contributed by atoms with Crippen LogP contribution in [-0.4, -0.2) is 5.72 Å². The second-order valence-electron chi connectivity index (χ2n) is 6.59. The number of rotatable bonds is 1. The maximum Gasteiger partial charge on any atom is 0.163 e. The molecule has 1 aromatic carbocycles. The number of hydrogen-bond donors (Lipinski definition) is 2. The van der Waals surface area contributed by atoms with E-state index in [0.717, 1.165) is 29.0 Å². The van der Waals surface area contributed by atoms with Crippen LogP contribution in [0.15, 0.2) is 34.9 Å². The van der Waals surface area contributed by atoms with Gasteiger partial charge in [0.05, 0.1) is 12.0 Å². The lowest BCUT2D eigenvalue weighted by molar-refractivity contribution is -0.153. The molecule has 5 nitrogen and oxygen atoms in total. The molecule has 2 heterocycles. The highest BCUT2D eigenvalue weighted by Gasteiger charge is 2.53. The first kappa shape index (κ1) is 12.0. The van der Waals surface area contributed by atoms with E-state index < -0.39 is 0 Å². The molecule has 2 N–H and O–H groups in total. The summed E-state index contributed by atoms with van der Waals surface area (Å²) in [4.78, 5) is 6.02. The first-order valence-electron chi connectivity index (χ1n) is 7.81. The van der Waals surface area contributed by atoms with Gasteiger partial charge >= 0.3 is 0 Å². The number of hydrogen-bond acceptors (Lipinski definition) is 5. The third kappa shape index (κ3) is 1.75. The molecule has 6 rings (SSSR count). The number of hydrazine groups is 2. The first-order chi connectivity index (χ1) is 10.3. The standard InChI is InChI=1S/C16H19N3O2/c1-3-13-4-2-11(1)10-16(13)17-19(18-21-16)14-5-6-15-12(9-14)7-8-20-15/h5-9,11,13,17-18H,1-4,10H2. The SMILES string of the molecule is c1cc2cc(N3NOC4(CC5CCC4CC5)N3)ccc2o1. The Morgan fingerprint density at radius 3 is 2.86 bits per heavy atom. The van der Waals surface area contributed by atoms with Crippen molar-refractivity contribution in [3.05, 3.63) is 30.5 Å². The Kier molecular flexibility index (Phi) is 2.42. The molecule has 4 fully saturated rings. The van der Waals surface area contributed by atoms with Gasteiger partial charge in [-0.25, -0.2) is 5.12 Å². The minimum atomic E-state index is -0.216. The van der Waals surface area contributed by atoms with Gasteiger partial charge < -0.3 is 4.42 Å². The van der Waals surface area contributed by atoms with E-state index in [1.807, 2.05) is 23.3 Å². The van der Waals surface area contributed by atoms with Crippen molar-refractivity contribution >= 4 is 16.7 Å². The van der Waals surface area contributed by atoms with Gasteiger partial charge in [0.15, 0.2) is 5.72 Å². The third-order valence-electron chi connectivity index (χ3n) is 5.41. The molecule has 5 heteroatoms. The molecule has 1 saturated heterocycles.